The Morgan fingerprint density at radius 3 is 2.48 bits per heavy atom. The van der Waals surface area contributed by atoms with E-state index in [1.807, 2.05) is 29.2 Å². The van der Waals surface area contributed by atoms with Gasteiger partial charge >= 0.3 is 0 Å². The first-order chi connectivity index (χ1) is 15.8. The Morgan fingerprint density at radius 2 is 1.70 bits per heavy atom. The van der Waals surface area contributed by atoms with E-state index in [0.717, 1.165) is 36.8 Å². The first kappa shape index (κ1) is 23.3. The van der Waals surface area contributed by atoms with Gasteiger partial charge in [-0.3, -0.25) is 9.52 Å². The van der Waals surface area contributed by atoms with E-state index < -0.39 is 10.0 Å². The molecule has 1 fully saturated rings. The maximum atomic E-state index is 13.1. The normalized spacial score (nSPS) is 15.5. The van der Waals surface area contributed by atoms with Crippen LogP contribution in [0.3, 0.4) is 0 Å². The molecule has 0 radical (unpaired) electrons. The minimum Gasteiger partial charge on any atom is -0.337 e. The van der Waals surface area contributed by atoms with E-state index >= 15 is 0 Å². The van der Waals surface area contributed by atoms with Crippen molar-refractivity contribution in [2.45, 2.75) is 25.2 Å². The molecule has 3 aromatic carbocycles. The summed E-state index contributed by atoms with van der Waals surface area (Å²) < 4.78 is 28.6. The molecule has 0 aromatic heterocycles. The molecule has 33 heavy (non-hydrogen) atoms. The molecule has 1 amide bonds. The van der Waals surface area contributed by atoms with E-state index in [4.69, 9.17) is 0 Å². The van der Waals surface area contributed by atoms with Gasteiger partial charge in [-0.2, -0.15) is 0 Å². The molecule has 4 rings (SSSR count). The highest BCUT2D eigenvalue weighted by atomic mass is 32.2. The van der Waals surface area contributed by atoms with Gasteiger partial charge in [-0.05, 0) is 60.0 Å². The van der Waals surface area contributed by atoms with Gasteiger partial charge in [-0.25, -0.2) is 8.42 Å². The Morgan fingerprint density at radius 1 is 0.909 bits per heavy atom. The molecule has 0 atom stereocenters. The van der Waals surface area contributed by atoms with Gasteiger partial charge in [0.2, 0.25) is 0 Å². The lowest BCUT2D eigenvalue weighted by Crippen LogP contribution is -2.36. The van der Waals surface area contributed by atoms with Gasteiger partial charge in [0, 0.05) is 37.4 Å². The number of rotatable bonds is 6. The largest absolute Gasteiger partial charge is 0.337 e. The highest BCUT2D eigenvalue weighted by Gasteiger charge is 2.22. The predicted molar refractivity (Wildman–Crippen MR) is 133 cm³/mol. The van der Waals surface area contributed by atoms with E-state index in [2.05, 4.69) is 23.5 Å². The number of benzene rings is 3. The quantitative estimate of drug-likeness (QED) is 0.584. The molecule has 0 spiro atoms. The Bertz CT molecular complexity index is 1240. The third-order valence-electron chi connectivity index (χ3n) is 5.89. The number of fused-ring (bicyclic) bond motifs is 1. The number of carbonyl (C=O) groups is 1. The number of nitrogens with one attached hydrogen (secondary N) is 1. The molecule has 1 heterocycles. The molecule has 1 N–H and O–H groups in total. The summed E-state index contributed by atoms with van der Waals surface area (Å²) in [6.45, 7) is 8.69. The molecule has 0 saturated carbocycles. The Balaban J connectivity index is 1.48. The second-order valence-corrected chi connectivity index (χ2v) is 10.7. The van der Waals surface area contributed by atoms with Crippen LogP contribution >= 0.6 is 0 Å². The second kappa shape index (κ2) is 9.93. The van der Waals surface area contributed by atoms with Crippen LogP contribution in [-0.2, 0) is 10.0 Å². The summed E-state index contributed by atoms with van der Waals surface area (Å²) in [7, 11) is -3.78. The highest BCUT2D eigenvalue weighted by molar-refractivity contribution is 7.92. The minimum absolute atomic E-state index is 0.0619. The number of amides is 1. The number of anilines is 1. The van der Waals surface area contributed by atoms with Crippen molar-refractivity contribution in [3.05, 3.63) is 72.3 Å². The van der Waals surface area contributed by atoms with Gasteiger partial charge < -0.3 is 9.80 Å². The van der Waals surface area contributed by atoms with Gasteiger partial charge in [-0.1, -0.05) is 50.2 Å². The van der Waals surface area contributed by atoms with Crippen molar-refractivity contribution in [2.75, 3.05) is 37.4 Å². The smallest absolute Gasteiger partial charge is 0.261 e. The fraction of sp³-hybridized carbons (Fsp3) is 0.346. The van der Waals surface area contributed by atoms with E-state index in [1.165, 1.54) is 0 Å². The van der Waals surface area contributed by atoms with E-state index in [9.17, 15) is 13.2 Å². The first-order valence-corrected chi connectivity index (χ1v) is 12.9. The van der Waals surface area contributed by atoms with E-state index in [-0.39, 0.29) is 10.8 Å². The number of nitrogens with zero attached hydrogens (tertiary/aromatic N) is 2. The number of hydrogen-bond acceptors (Lipinski definition) is 4. The summed E-state index contributed by atoms with van der Waals surface area (Å²) in [5, 5.41) is 1.84. The average molecular weight is 466 g/mol. The number of hydrogen-bond donors (Lipinski definition) is 1. The van der Waals surface area contributed by atoms with E-state index in [0.29, 0.717) is 30.3 Å². The number of sulfonamides is 1. The zero-order valence-electron chi connectivity index (χ0n) is 19.2. The summed E-state index contributed by atoms with van der Waals surface area (Å²) >= 11 is 0. The van der Waals surface area contributed by atoms with E-state index in [1.54, 1.807) is 42.5 Å². The maximum absolute atomic E-state index is 13.1. The minimum atomic E-state index is -3.78. The molecule has 7 heteroatoms. The fourth-order valence-corrected chi connectivity index (χ4v) is 5.40. The molecular weight excluding hydrogens is 434 g/mol. The van der Waals surface area contributed by atoms with Crippen LogP contribution in [0, 0.1) is 5.92 Å². The summed E-state index contributed by atoms with van der Waals surface area (Å²) in [5.74, 6) is 0.535. The van der Waals surface area contributed by atoms with Gasteiger partial charge in [0.05, 0.1) is 4.90 Å². The lowest BCUT2D eigenvalue weighted by atomic mass is 10.1. The van der Waals surface area contributed by atoms with Crippen molar-refractivity contribution < 1.29 is 13.2 Å². The molecule has 0 aliphatic carbocycles. The maximum Gasteiger partial charge on any atom is 0.261 e. The lowest BCUT2D eigenvalue weighted by Gasteiger charge is -2.23. The molecule has 1 saturated heterocycles. The topological polar surface area (TPSA) is 69.7 Å². The lowest BCUT2D eigenvalue weighted by molar-refractivity contribution is 0.0761. The van der Waals surface area contributed by atoms with Crippen LogP contribution in [0.5, 0.6) is 0 Å². The van der Waals surface area contributed by atoms with Crippen molar-refractivity contribution >= 4 is 32.4 Å². The zero-order chi connectivity index (χ0) is 23.4. The number of carbonyl (C=O) groups excluding carboxylic acids is 1. The highest BCUT2D eigenvalue weighted by Crippen LogP contribution is 2.22. The zero-order valence-corrected chi connectivity index (χ0v) is 20.0. The van der Waals surface area contributed by atoms with Crippen molar-refractivity contribution in [3.8, 4) is 0 Å². The van der Waals surface area contributed by atoms with Crippen molar-refractivity contribution in [1.29, 1.82) is 0 Å². The molecule has 6 nitrogen and oxygen atoms in total. The molecule has 0 bridgehead atoms. The van der Waals surface area contributed by atoms with Crippen LogP contribution < -0.4 is 4.72 Å². The summed E-state index contributed by atoms with van der Waals surface area (Å²) in [5.41, 5.74) is 0.872. The summed E-state index contributed by atoms with van der Waals surface area (Å²) in [6.07, 6.45) is 0.937. The van der Waals surface area contributed by atoms with Gasteiger partial charge in [0.25, 0.3) is 15.9 Å². The molecule has 1 aliphatic rings. The average Bonchev–Trinajstić information content (AvgIpc) is 3.03. The molecule has 1 aliphatic heterocycles. The predicted octanol–water partition coefficient (Wildman–Crippen LogP) is 4.44. The van der Waals surface area contributed by atoms with Crippen LogP contribution in [0.4, 0.5) is 5.69 Å². The third-order valence-corrected chi connectivity index (χ3v) is 7.27. The second-order valence-electron chi connectivity index (χ2n) is 9.04. The Hall–Kier alpha value is -2.90. The summed E-state index contributed by atoms with van der Waals surface area (Å²) in [6, 6.07) is 19.4. The van der Waals surface area contributed by atoms with Gasteiger partial charge in [0.1, 0.15) is 0 Å². The monoisotopic (exact) mass is 465 g/mol. The van der Waals surface area contributed by atoms with Crippen molar-refractivity contribution in [1.82, 2.24) is 9.80 Å². The third kappa shape index (κ3) is 5.72. The Labute approximate surface area is 196 Å². The van der Waals surface area contributed by atoms with Crippen molar-refractivity contribution in [3.63, 3.8) is 0 Å². The van der Waals surface area contributed by atoms with Crippen LogP contribution in [0.25, 0.3) is 10.8 Å². The van der Waals surface area contributed by atoms with Crippen LogP contribution in [0.1, 0.15) is 30.6 Å². The standard InChI is InChI=1S/C26H31N3O3S/c1-20(2)19-28-13-6-14-29(16-15-28)26(30)23-9-5-10-24(17-23)27-33(31,32)25-12-11-21-7-3-4-8-22(21)18-25/h3-5,7-12,17-18,20,27H,6,13-16,19H2,1-2H3. The molecular formula is C26H31N3O3S. The van der Waals surface area contributed by atoms with Gasteiger partial charge in [0.15, 0.2) is 0 Å². The molecule has 0 unspecified atom stereocenters. The van der Waals surface area contributed by atoms with Crippen LogP contribution in [0.2, 0.25) is 0 Å². The van der Waals surface area contributed by atoms with Crippen LogP contribution in [-0.4, -0.2) is 56.8 Å². The summed E-state index contributed by atoms with van der Waals surface area (Å²) in [4.78, 5) is 17.6. The fourth-order valence-electron chi connectivity index (χ4n) is 4.32. The Kier molecular flexibility index (Phi) is 7.00. The molecule has 3 aromatic rings. The SMILES string of the molecule is CC(C)CN1CCCN(C(=O)c2cccc(NS(=O)(=O)c3ccc4ccccc4c3)c2)CC1. The van der Waals surface area contributed by atoms with Gasteiger partial charge in [-0.15, -0.1) is 0 Å². The first-order valence-electron chi connectivity index (χ1n) is 11.5. The molecule has 174 valence electrons. The van der Waals surface area contributed by atoms with Crippen LogP contribution in [0.15, 0.2) is 71.6 Å². The van der Waals surface area contributed by atoms with Crippen molar-refractivity contribution in [2.24, 2.45) is 5.92 Å².